The first-order valence-corrected chi connectivity index (χ1v) is 12.0. The fourth-order valence-corrected chi connectivity index (χ4v) is 6.50. The first-order chi connectivity index (χ1) is 15.0. The molecule has 158 valence electrons. The van der Waals surface area contributed by atoms with Crippen LogP contribution in [0.3, 0.4) is 0 Å². The van der Waals surface area contributed by atoms with Crippen LogP contribution in [0.2, 0.25) is 0 Å². The van der Waals surface area contributed by atoms with Gasteiger partial charge in [-0.25, -0.2) is 0 Å². The van der Waals surface area contributed by atoms with E-state index < -0.39 is 4.87 Å². The Morgan fingerprint density at radius 2 is 2.03 bits per heavy atom. The molecule has 2 aliphatic rings. The number of anilines is 1. The molecule has 0 unspecified atom stereocenters. The predicted octanol–water partition coefficient (Wildman–Crippen LogP) is 4.65. The molecule has 0 N–H and O–H groups in total. The second-order valence-electron chi connectivity index (χ2n) is 7.69. The van der Waals surface area contributed by atoms with E-state index in [9.17, 15) is 9.59 Å². The molecule has 5 nitrogen and oxygen atoms in total. The van der Waals surface area contributed by atoms with Crippen molar-refractivity contribution in [3.05, 3.63) is 81.5 Å². The third kappa shape index (κ3) is 3.15. The van der Waals surface area contributed by atoms with Crippen LogP contribution >= 0.6 is 23.1 Å². The van der Waals surface area contributed by atoms with E-state index in [2.05, 4.69) is 6.07 Å². The van der Waals surface area contributed by atoms with E-state index in [1.165, 1.54) is 11.3 Å². The van der Waals surface area contributed by atoms with Gasteiger partial charge < -0.3 is 14.5 Å². The molecule has 3 heterocycles. The lowest BCUT2D eigenvalue weighted by Crippen LogP contribution is -2.50. The standard InChI is InChI=1S/C24H22N2O3S2/c1-16-8-9-20-19(13-16)24(26(10-12-31-24)22(27)21-7-4-11-30-21)23(28)25(20)15-17-5-3-6-18(14-17)29-2/h3-9,11,13-14H,10,12,15H2,1-2H3/t24-/m1/s1. The topological polar surface area (TPSA) is 49.9 Å². The lowest BCUT2D eigenvalue weighted by molar-refractivity contribution is -0.123. The van der Waals surface area contributed by atoms with Gasteiger partial charge in [0.05, 0.1) is 24.2 Å². The van der Waals surface area contributed by atoms with E-state index in [-0.39, 0.29) is 11.8 Å². The molecule has 1 fully saturated rings. The van der Waals surface area contributed by atoms with Gasteiger partial charge in [-0.3, -0.25) is 9.59 Å². The molecule has 2 aromatic carbocycles. The Morgan fingerprint density at radius 1 is 1.16 bits per heavy atom. The number of carbonyl (C=O) groups excluding carboxylic acids is 2. The molecule has 0 bridgehead atoms. The molecule has 1 atom stereocenters. The number of ether oxygens (including phenoxy) is 1. The van der Waals surface area contributed by atoms with E-state index in [0.29, 0.717) is 18.0 Å². The molecule has 2 aliphatic heterocycles. The lowest BCUT2D eigenvalue weighted by atomic mass is 10.0. The van der Waals surface area contributed by atoms with Crippen molar-refractivity contribution in [3.63, 3.8) is 0 Å². The molecule has 5 rings (SSSR count). The zero-order valence-corrected chi connectivity index (χ0v) is 19.0. The number of thiophene rings is 1. The summed E-state index contributed by atoms with van der Waals surface area (Å²) in [5, 5.41) is 1.90. The monoisotopic (exact) mass is 450 g/mol. The normalized spacial score (nSPS) is 19.9. The Balaban J connectivity index is 1.59. The largest absolute Gasteiger partial charge is 0.497 e. The maximum absolute atomic E-state index is 14.0. The van der Waals surface area contributed by atoms with Crippen molar-refractivity contribution in [2.75, 3.05) is 24.3 Å². The van der Waals surface area contributed by atoms with Gasteiger partial charge in [0.15, 0.2) is 4.87 Å². The molecule has 1 aromatic heterocycles. The van der Waals surface area contributed by atoms with Crippen molar-refractivity contribution < 1.29 is 14.3 Å². The average Bonchev–Trinajstić information content (AvgIpc) is 3.51. The minimum atomic E-state index is -1.01. The first kappa shape index (κ1) is 20.2. The molecule has 0 radical (unpaired) electrons. The number of fused-ring (bicyclic) bond motifs is 2. The second kappa shape index (κ2) is 7.73. The van der Waals surface area contributed by atoms with Crippen molar-refractivity contribution in [2.45, 2.75) is 18.3 Å². The van der Waals surface area contributed by atoms with Gasteiger partial charge in [0.25, 0.3) is 11.8 Å². The highest BCUT2D eigenvalue weighted by Gasteiger charge is 2.59. The van der Waals surface area contributed by atoms with Crippen LogP contribution in [-0.4, -0.2) is 36.1 Å². The maximum Gasteiger partial charge on any atom is 0.268 e. The summed E-state index contributed by atoms with van der Waals surface area (Å²) in [7, 11) is 1.64. The number of amides is 2. The third-order valence-electron chi connectivity index (χ3n) is 5.80. The second-order valence-corrected chi connectivity index (χ2v) is 9.93. The molecule has 0 saturated carbocycles. The van der Waals surface area contributed by atoms with Gasteiger partial charge in [-0.15, -0.1) is 23.1 Å². The summed E-state index contributed by atoms with van der Waals surface area (Å²) in [6.07, 6.45) is 0. The molecule has 1 spiro atoms. The fourth-order valence-electron chi connectivity index (χ4n) is 4.37. The smallest absolute Gasteiger partial charge is 0.268 e. The molecular weight excluding hydrogens is 428 g/mol. The number of rotatable bonds is 4. The van der Waals surface area contributed by atoms with Gasteiger partial charge in [0.1, 0.15) is 5.75 Å². The van der Waals surface area contributed by atoms with Crippen LogP contribution in [0.25, 0.3) is 0 Å². The highest BCUT2D eigenvalue weighted by molar-refractivity contribution is 8.01. The van der Waals surface area contributed by atoms with Crippen molar-refractivity contribution in [2.24, 2.45) is 0 Å². The highest BCUT2D eigenvalue weighted by Crippen LogP contribution is 2.55. The summed E-state index contributed by atoms with van der Waals surface area (Å²) in [5.74, 6) is 1.35. The Hall–Kier alpha value is -2.77. The molecule has 0 aliphatic carbocycles. The van der Waals surface area contributed by atoms with Crippen LogP contribution in [0.1, 0.15) is 26.4 Å². The van der Waals surface area contributed by atoms with Crippen molar-refractivity contribution in [1.82, 2.24) is 4.90 Å². The predicted molar refractivity (Wildman–Crippen MR) is 125 cm³/mol. The number of hydrogen-bond acceptors (Lipinski definition) is 5. The van der Waals surface area contributed by atoms with Crippen molar-refractivity contribution in [3.8, 4) is 5.75 Å². The van der Waals surface area contributed by atoms with Crippen LogP contribution < -0.4 is 9.64 Å². The molecule has 1 saturated heterocycles. The molecule has 7 heteroatoms. The van der Waals surface area contributed by atoms with E-state index in [0.717, 1.165) is 33.9 Å². The minimum Gasteiger partial charge on any atom is -0.497 e. The Labute approximate surface area is 189 Å². The summed E-state index contributed by atoms with van der Waals surface area (Å²) in [6.45, 7) is 3.00. The number of hydrogen-bond donors (Lipinski definition) is 0. The third-order valence-corrected chi connectivity index (χ3v) is 8.08. The average molecular weight is 451 g/mol. The van der Waals surface area contributed by atoms with Crippen LogP contribution in [0.4, 0.5) is 5.69 Å². The maximum atomic E-state index is 14.0. The fraction of sp³-hybridized carbons (Fsp3) is 0.250. The van der Waals surface area contributed by atoms with E-state index in [1.807, 2.05) is 65.7 Å². The van der Waals surface area contributed by atoms with Gasteiger partial charge in [0.2, 0.25) is 0 Å². The summed E-state index contributed by atoms with van der Waals surface area (Å²) >= 11 is 2.98. The van der Waals surface area contributed by atoms with Gasteiger partial charge in [-0.1, -0.05) is 35.9 Å². The van der Waals surface area contributed by atoms with Gasteiger partial charge >= 0.3 is 0 Å². The summed E-state index contributed by atoms with van der Waals surface area (Å²) in [6, 6.07) is 17.5. The zero-order valence-electron chi connectivity index (χ0n) is 17.3. The molecule has 2 amide bonds. The van der Waals surface area contributed by atoms with Crippen LogP contribution in [0.15, 0.2) is 60.0 Å². The van der Waals surface area contributed by atoms with Gasteiger partial charge in [0, 0.05) is 17.9 Å². The van der Waals surface area contributed by atoms with Gasteiger partial charge in [-0.05, 0) is 42.1 Å². The summed E-state index contributed by atoms with van der Waals surface area (Å²) in [5.41, 5.74) is 3.84. The van der Waals surface area contributed by atoms with E-state index >= 15 is 0 Å². The first-order valence-electron chi connectivity index (χ1n) is 10.1. The number of benzene rings is 2. The zero-order chi connectivity index (χ0) is 21.6. The summed E-state index contributed by atoms with van der Waals surface area (Å²) in [4.78, 5) is 30.7. The Morgan fingerprint density at radius 3 is 2.81 bits per heavy atom. The van der Waals surface area contributed by atoms with E-state index in [1.54, 1.807) is 23.8 Å². The number of nitrogens with zero attached hydrogens (tertiary/aromatic N) is 2. The SMILES string of the molecule is COc1cccc(CN2C(=O)[C@]3(SCCN3C(=O)c3cccs3)c3cc(C)ccc32)c1. The van der Waals surface area contributed by atoms with Gasteiger partial charge in [-0.2, -0.15) is 0 Å². The summed E-state index contributed by atoms with van der Waals surface area (Å²) < 4.78 is 5.36. The van der Waals surface area contributed by atoms with Crippen LogP contribution in [0, 0.1) is 6.92 Å². The number of thioether (sulfide) groups is 1. The Bertz CT molecular complexity index is 1160. The van der Waals surface area contributed by atoms with E-state index in [4.69, 9.17) is 4.74 Å². The molecular formula is C24H22N2O3S2. The lowest BCUT2D eigenvalue weighted by Gasteiger charge is -2.33. The minimum absolute atomic E-state index is 0.0525. The number of carbonyl (C=O) groups is 2. The number of methoxy groups -OCH3 is 1. The highest BCUT2D eigenvalue weighted by atomic mass is 32.2. The molecule has 31 heavy (non-hydrogen) atoms. The van der Waals surface area contributed by atoms with Crippen molar-refractivity contribution >= 4 is 40.6 Å². The molecule has 3 aromatic rings. The number of aryl methyl sites for hydroxylation is 1. The quantitative estimate of drug-likeness (QED) is 0.580. The van der Waals surface area contributed by atoms with Crippen LogP contribution in [-0.2, 0) is 16.2 Å². The van der Waals surface area contributed by atoms with Crippen LogP contribution in [0.5, 0.6) is 5.75 Å². The Kier molecular flexibility index (Phi) is 5.02. The van der Waals surface area contributed by atoms with Crippen molar-refractivity contribution in [1.29, 1.82) is 0 Å².